The second-order valence-electron chi connectivity index (χ2n) is 5.67. The van der Waals surface area contributed by atoms with E-state index in [1.807, 2.05) is 6.92 Å². The number of benzene rings is 1. The molecule has 0 bridgehead atoms. The number of nitrogen functional groups attached to an aromatic ring is 1. The van der Waals surface area contributed by atoms with Crippen LogP contribution in [0.1, 0.15) is 47.0 Å². The highest BCUT2D eigenvalue weighted by Crippen LogP contribution is 2.29. The molecule has 1 aromatic rings. The molecular weight excluding hydrogens is 255 g/mol. The van der Waals surface area contributed by atoms with Gasteiger partial charge in [0.2, 0.25) is 0 Å². The van der Waals surface area contributed by atoms with Crippen LogP contribution in [0.4, 0.5) is 15.8 Å². The highest BCUT2D eigenvalue weighted by Gasteiger charge is 2.11. The summed E-state index contributed by atoms with van der Waals surface area (Å²) in [5.41, 5.74) is 7.01. The smallest absolute Gasteiger partial charge is 0.167 e. The SMILES string of the molecule is CCOc1cc(NC(C)CCCC(C)C)c(N)cc1F. The molecule has 4 heteroatoms. The first kappa shape index (κ1) is 16.6. The fraction of sp³-hybridized carbons (Fsp3) is 0.625. The Morgan fingerprint density at radius 2 is 1.95 bits per heavy atom. The van der Waals surface area contributed by atoms with Crippen molar-refractivity contribution in [1.29, 1.82) is 0 Å². The standard InChI is InChI=1S/C16H27FN2O/c1-5-20-16-10-15(14(18)9-13(16)17)19-12(4)8-6-7-11(2)3/h9-12,19H,5-8,18H2,1-4H3. The van der Waals surface area contributed by atoms with Crippen molar-refractivity contribution in [2.24, 2.45) is 5.92 Å². The minimum Gasteiger partial charge on any atom is -0.491 e. The molecule has 0 aromatic heterocycles. The second kappa shape index (κ2) is 7.98. The molecule has 1 unspecified atom stereocenters. The Balaban J connectivity index is 2.64. The predicted octanol–water partition coefficient (Wildman–Crippen LogP) is 4.43. The zero-order valence-electron chi connectivity index (χ0n) is 13.0. The first-order valence-corrected chi connectivity index (χ1v) is 7.42. The molecule has 0 saturated carbocycles. The largest absolute Gasteiger partial charge is 0.491 e. The molecule has 3 nitrogen and oxygen atoms in total. The fourth-order valence-electron chi connectivity index (χ4n) is 2.13. The van der Waals surface area contributed by atoms with Crippen molar-refractivity contribution < 1.29 is 9.13 Å². The summed E-state index contributed by atoms with van der Waals surface area (Å²) in [6, 6.07) is 3.26. The average molecular weight is 282 g/mol. The predicted molar refractivity (Wildman–Crippen MR) is 83.8 cm³/mol. The molecule has 20 heavy (non-hydrogen) atoms. The van der Waals surface area contributed by atoms with Crippen LogP contribution in [0.3, 0.4) is 0 Å². The van der Waals surface area contributed by atoms with Crippen molar-refractivity contribution in [3.8, 4) is 5.75 Å². The molecule has 0 heterocycles. The maximum atomic E-state index is 13.6. The number of ether oxygens (including phenoxy) is 1. The lowest BCUT2D eigenvalue weighted by Gasteiger charge is -2.18. The van der Waals surface area contributed by atoms with Crippen LogP contribution in [0, 0.1) is 11.7 Å². The monoisotopic (exact) mass is 282 g/mol. The van der Waals surface area contributed by atoms with Gasteiger partial charge in [0.25, 0.3) is 0 Å². The maximum Gasteiger partial charge on any atom is 0.167 e. The van der Waals surface area contributed by atoms with Crippen LogP contribution in [0.15, 0.2) is 12.1 Å². The molecule has 0 amide bonds. The van der Waals surface area contributed by atoms with Gasteiger partial charge in [0, 0.05) is 18.2 Å². The van der Waals surface area contributed by atoms with Crippen LogP contribution in [-0.4, -0.2) is 12.6 Å². The third kappa shape index (κ3) is 5.27. The van der Waals surface area contributed by atoms with Crippen LogP contribution >= 0.6 is 0 Å². The number of nitrogens with one attached hydrogen (secondary N) is 1. The molecular formula is C16H27FN2O. The van der Waals surface area contributed by atoms with Crippen molar-refractivity contribution in [3.63, 3.8) is 0 Å². The fourth-order valence-corrected chi connectivity index (χ4v) is 2.13. The topological polar surface area (TPSA) is 47.3 Å². The normalized spacial score (nSPS) is 12.5. The first-order chi connectivity index (χ1) is 9.43. The van der Waals surface area contributed by atoms with Crippen molar-refractivity contribution in [2.45, 2.75) is 53.0 Å². The number of nitrogens with two attached hydrogens (primary N) is 1. The summed E-state index contributed by atoms with van der Waals surface area (Å²) in [5, 5.41) is 3.34. The third-order valence-electron chi connectivity index (χ3n) is 3.22. The van der Waals surface area contributed by atoms with E-state index in [0.29, 0.717) is 18.3 Å². The second-order valence-corrected chi connectivity index (χ2v) is 5.67. The maximum absolute atomic E-state index is 13.6. The van der Waals surface area contributed by atoms with Crippen LogP contribution in [0.25, 0.3) is 0 Å². The van der Waals surface area contributed by atoms with E-state index in [1.54, 1.807) is 6.07 Å². The number of rotatable bonds is 8. The highest BCUT2D eigenvalue weighted by atomic mass is 19.1. The van der Waals surface area contributed by atoms with Gasteiger partial charge >= 0.3 is 0 Å². The summed E-state index contributed by atoms with van der Waals surface area (Å²) in [4.78, 5) is 0. The minimum atomic E-state index is -0.414. The van der Waals surface area contributed by atoms with Crippen molar-refractivity contribution in [3.05, 3.63) is 17.9 Å². The van der Waals surface area contributed by atoms with E-state index in [-0.39, 0.29) is 5.75 Å². The Labute approximate surface area is 121 Å². The molecule has 0 saturated heterocycles. The number of halogens is 1. The lowest BCUT2D eigenvalue weighted by Crippen LogP contribution is -2.16. The van der Waals surface area contributed by atoms with Crippen LogP contribution in [0.5, 0.6) is 5.75 Å². The highest BCUT2D eigenvalue weighted by molar-refractivity contribution is 5.68. The van der Waals surface area contributed by atoms with Crippen molar-refractivity contribution >= 4 is 11.4 Å². The lowest BCUT2D eigenvalue weighted by molar-refractivity contribution is 0.322. The molecule has 0 aliphatic heterocycles. The molecule has 114 valence electrons. The summed E-state index contributed by atoms with van der Waals surface area (Å²) in [5.74, 6) is 0.559. The van der Waals surface area contributed by atoms with Gasteiger partial charge in [-0.2, -0.15) is 0 Å². The van der Waals surface area contributed by atoms with Crippen LogP contribution in [-0.2, 0) is 0 Å². The zero-order chi connectivity index (χ0) is 15.1. The van der Waals surface area contributed by atoms with E-state index >= 15 is 0 Å². The minimum absolute atomic E-state index is 0.249. The third-order valence-corrected chi connectivity index (χ3v) is 3.22. The van der Waals surface area contributed by atoms with Gasteiger partial charge in [-0.3, -0.25) is 0 Å². The van der Waals surface area contributed by atoms with Gasteiger partial charge in [-0.1, -0.05) is 26.7 Å². The van der Waals surface area contributed by atoms with Gasteiger partial charge in [-0.05, 0) is 26.2 Å². The van der Waals surface area contributed by atoms with Gasteiger partial charge in [0.05, 0.1) is 18.0 Å². The van der Waals surface area contributed by atoms with E-state index in [0.717, 1.165) is 18.0 Å². The Kier molecular flexibility index (Phi) is 6.62. The van der Waals surface area contributed by atoms with E-state index in [1.165, 1.54) is 18.9 Å². The molecule has 0 aliphatic carbocycles. The summed E-state index contributed by atoms with van der Waals surface area (Å²) in [7, 11) is 0. The van der Waals surface area contributed by atoms with E-state index in [4.69, 9.17) is 10.5 Å². The van der Waals surface area contributed by atoms with Gasteiger partial charge in [-0.25, -0.2) is 4.39 Å². The summed E-state index contributed by atoms with van der Waals surface area (Å²) < 4.78 is 18.9. The molecule has 0 radical (unpaired) electrons. The molecule has 3 N–H and O–H groups in total. The van der Waals surface area contributed by atoms with Crippen LogP contribution in [0.2, 0.25) is 0 Å². The average Bonchev–Trinajstić information content (AvgIpc) is 2.35. The number of anilines is 2. The molecule has 1 rings (SSSR count). The Hall–Kier alpha value is -1.45. The van der Waals surface area contributed by atoms with Gasteiger partial charge in [0.1, 0.15) is 0 Å². The van der Waals surface area contributed by atoms with E-state index in [9.17, 15) is 4.39 Å². The van der Waals surface area contributed by atoms with Gasteiger partial charge in [-0.15, -0.1) is 0 Å². The quantitative estimate of drug-likeness (QED) is 0.693. The number of hydrogen-bond acceptors (Lipinski definition) is 3. The number of hydrogen-bond donors (Lipinski definition) is 2. The molecule has 0 fully saturated rings. The van der Waals surface area contributed by atoms with Gasteiger partial charge < -0.3 is 15.8 Å². The molecule has 1 aromatic carbocycles. The Morgan fingerprint density at radius 3 is 2.55 bits per heavy atom. The van der Waals surface area contributed by atoms with E-state index in [2.05, 4.69) is 26.1 Å². The van der Waals surface area contributed by atoms with E-state index < -0.39 is 5.82 Å². The molecule has 1 atom stereocenters. The molecule has 0 aliphatic rings. The van der Waals surface area contributed by atoms with Crippen molar-refractivity contribution in [1.82, 2.24) is 0 Å². The van der Waals surface area contributed by atoms with Gasteiger partial charge in [0.15, 0.2) is 11.6 Å². The zero-order valence-corrected chi connectivity index (χ0v) is 13.0. The van der Waals surface area contributed by atoms with Crippen molar-refractivity contribution in [2.75, 3.05) is 17.7 Å². The summed E-state index contributed by atoms with van der Waals surface area (Å²) >= 11 is 0. The Bertz CT molecular complexity index is 421. The lowest BCUT2D eigenvalue weighted by atomic mass is 10.0. The van der Waals surface area contributed by atoms with Crippen LogP contribution < -0.4 is 15.8 Å². The molecule has 0 spiro atoms. The first-order valence-electron chi connectivity index (χ1n) is 7.42. The Morgan fingerprint density at radius 1 is 1.25 bits per heavy atom. The summed E-state index contributed by atoms with van der Waals surface area (Å²) in [6.45, 7) is 8.83. The summed E-state index contributed by atoms with van der Waals surface area (Å²) in [6.07, 6.45) is 3.46.